The second-order valence-corrected chi connectivity index (χ2v) is 4.61. The van der Waals surface area contributed by atoms with Crippen molar-refractivity contribution in [2.24, 2.45) is 0 Å². The van der Waals surface area contributed by atoms with Crippen LogP contribution in [0.4, 0.5) is 0 Å². The van der Waals surface area contributed by atoms with Crippen molar-refractivity contribution < 1.29 is 14.3 Å². The molecule has 1 heterocycles. The standard InChI is InChI=1S/C17H13NO3/c1-21-17(20)14-12-9-5-6-10-13(12)18-15(14)16(19)11-7-3-2-4-8-11/h2-10,18H,1H3. The maximum atomic E-state index is 12.6. The van der Waals surface area contributed by atoms with E-state index < -0.39 is 5.97 Å². The summed E-state index contributed by atoms with van der Waals surface area (Å²) in [5.74, 6) is -0.751. The number of aromatic amines is 1. The lowest BCUT2D eigenvalue weighted by Gasteiger charge is -2.02. The number of para-hydroxylation sites is 1. The summed E-state index contributed by atoms with van der Waals surface area (Å²) in [6, 6.07) is 16.1. The first-order valence-electron chi connectivity index (χ1n) is 6.51. The van der Waals surface area contributed by atoms with Gasteiger partial charge in [-0.15, -0.1) is 0 Å². The summed E-state index contributed by atoms with van der Waals surface area (Å²) in [5, 5.41) is 0.684. The van der Waals surface area contributed by atoms with Crippen LogP contribution in [0.1, 0.15) is 26.4 Å². The van der Waals surface area contributed by atoms with E-state index in [0.717, 1.165) is 5.52 Å². The molecule has 21 heavy (non-hydrogen) atoms. The van der Waals surface area contributed by atoms with Crippen LogP contribution in [0.3, 0.4) is 0 Å². The molecule has 104 valence electrons. The number of aromatic nitrogens is 1. The van der Waals surface area contributed by atoms with Crippen molar-refractivity contribution in [3.8, 4) is 0 Å². The van der Waals surface area contributed by atoms with Crippen LogP contribution in [0.5, 0.6) is 0 Å². The largest absolute Gasteiger partial charge is 0.465 e. The number of nitrogens with one attached hydrogen (secondary N) is 1. The fourth-order valence-electron chi connectivity index (χ4n) is 2.36. The summed E-state index contributed by atoms with van der Waals surface area (Å²) in [7, 11) is 1.31. The first-order chi connectivity index (χ1) is 10.2. The van der Waals surface area contributed by atoms with Gasteiger partial charge in [0.1, 0.15) is 5.69 Å². The molecule has 0 bridgehead atoms. The smallest absolute Gasteiger partial charge is 0.340 e. The second-order valence-electron chi connectivity index (χ2n) is 4.61. The highest BCUT2D eigenvalue weighted by atomic mass is 16.5. The van der Waals surface area contributed by atoms with Gasteiger partial charge < -0.3 is 9.72 Å². The maximum Gasteiger partial charge on any atom is 0.340 e. The molecule has 3 rings (SSSR count). The van der Waals surface area contributed by atoms with Crippen molar-refractivity contribution in [1.29, 1.82) is 0 Å². The molecule has 0 unspecified atom stereocenters. The zero-order chi connectivity index (χ0) is 14.8. The first kappa shape index (κ1) is 13.1. The Bertz CT molecular complexity index is 818. The van der Waals surface area contributed by atoms with E-state index in [9.17, 15) is 9.59 Å². The third-order valence-corrected chi connectivity index (χ3v) is 3.36. The Balaban J connectivity index is 2.22. The zero-order valence-electron chi connectivity index (χ0n) is 11.4. The number of benzene rings is 2. The average Bonchev–Trinajstić information content (AvgIpc) is 2.93. The zero-order valence-corrected chi connectivity index (χ0v) is 11.4. The highest BCUT2D eigenvalue weighted by Gasteiger charge is 2.24. The van der Waals surface area contributed by atoms with Gasteiger partial charge in [0.2, 0.25) is 5.78 Å². The lowest BCUT2D eigenvalue weighted by Crippen LogP contribution is -2.10. The molecular weight excluding hydrogens is 266 g/mol. The van der Waals surface area contributed by atoms with Crippen molar-refractivity contribution >= 4 is 22.7 Å². The van der Waals surface area contributed by atoms with Crippen molar-refractivity contribution in [3.63, 3.8) is 0 Å². The molecule has 4 nitrogen and oxygen atoms in total. The average molecular weight is 279 g/mol. The molecule has 3 aromatic rings. The quantitative estimate of drug-likeness (QED) is 0.591. The van der Waals surface area contributed by atoms with E-state index in [0.29, 0.717) is 10.9 Å². The molecule has 0 aliphatic carbocycles. The Morgan fingerprint density at radius 3 is 2.33 bits per heavy atom. The van der Waals surface area contributed by atoms with Gasteiger partial charge in [0.05, 0.1) is 12.7 Å². The number of ether oxygens (including phenoxy) is 1. The van der Waals surface area contributed by atoms with Crippen LogP contribution in [0, 0.1) is 0 Å². The van der Waals surface area contributed by atoms with Gasteiger partial charge in [-0.05, 0) is 6.07 Å². The maximum absolute atomic E-state index is 12.6. The number of carbonyl (C=O) groups excluding carboxylic acids is 2. The molecule has 1 N–H and O–H groups in total. The molecule has 0 radical (unpaired) electrons. The molecule has 0 saturated heterocycles. The van der Waals surface area contributed by atoms with Crippen LogP contribution in [0.2, 0.25) is 0 Å². The molecule has 0 aliphatic rings. The molecule has 4 heteroatoms. The number of hydrogen-bond acceptors (Lipinski definition) is 3. The fraction of sp³-hybridized carbons (Fsp3) is 0.0588. The number of methoxy groups -OCH3 is 1. The lowest BCUT2D eigenvalue weighted by molar-refractivity contribution is 0.0600. The number of rotatable bonds is 3. The van der Waals surface area contributed by atoms with E-state index >= 15 is 0 Å². The van der Waals surface area contributed by atoms with Crippen LogP contribution in [-0.4, -0.2) is 23.8 Å². The van der Waals surface area contributed by atoms with Crippen molar-refractivity contribution in [3.05, 3.63) is 71.4 Å². The number of ketones is 1. The Morgan fingerprint density at radius 1 is 0.952 bits per heavy atom. The van der Waals surface area contributed by atoms with Crippen LogP contribution < -0.4 is 0 Å². The minimum atomic E-state index is -0.522. The van der Waals surface area contributed by atoms with E-state index in [1.165, 1.54) is 7.11 Å². The van der Waals surface area contributed by atoms with Gasteiger partial charge in [-0.25, -0.2) is 4.79 Å². The summed E-state index contributed by atoms with van der Waals surface area (Å²) < 4.78 is 4.82. The Morgan fingerprint density at radius 2 is 1.62 bits per heavy atom. The van der Waals surface area contributed by atoms with Crippen molar-refractivity contribution in [2.75, 3.05) is 7.11 Å². The van der Waals surface area contributed by atoms with Gasteiger partial charge in [0.15, 0.2) is 0 Å². The van der Waals surface area contributed by atoms with Crippen LogP contribution in [0.15, 0.2) is 54.6 Å². The van der Waals surface area contributed by atoms with Gasteiger partial charge in [0, 0.05) is 16.5 Å². The third-order valence-electron chi connectivity index (χ3n) is 3.36. The van der Waals surface area contributed by atoms with Gasteiger partial charge in [-0.1, -0.05) is 48.5 Å². The predicted molar refractivity (Wildman–Crippen MR) is 79.5 cm³/mol. The molecule has 1 aromatic heterocycles. The van der Waals surface area contributed by atoms with Crippen LogP contribution in [-0.2, 0) is 4.74 Å². The molecule has 0 amide bonds. The van der Waals surface area contributed by atoms with Crippen molar-refractivity contribution in [1.82, 2.24) is 4.98 Å². The molecule has 2 aromatic carbocycles. The summed E-state index contributed by atoms with van der Waals surface area (Å²) in [4.78, 5) is 27.7. The summed E-state index contributed by atoms with van der Waals surface area (Å²) in [5.41, 5.74) is 1.79. The number of fused-ring (bicyclic) bond motifs is 1. The van der Waals surface area contributed by atoms with E-state index in [1.54, 1.807) is 30.3 Å². The van der Waals surface area contributed by atoms with E-state index in [-0.39, 0.29) is 17.0 Å². The Hall–Kier alpha value is -2.88. The van der Waals surface area contributed by atoms with Gasteiger partial charge in [0.25, 0.3) is 0 Å². The van der Waals surface area contributed by atoms with E-state index in [2.05, 4.69) is 4.98 Å². The van der Waals surface area contributed by atoms with Gasteiger partial charge in [-0.2, -0.15) is 0 Å². The summed E-state index contributed by atoms with van der Waals surface area (Å²) >= 11 is 0. The van der Waals surface area contributed by atoms with E-state index in [1.807, 2.05) is 24.3 Å². The molecular formula is C17H13NO3. The second kappa shape index (κ2) is 5.25. The predicted octanol–water partition coefficient (Wildman–Crippen LogP) is 3.19. The monoisotopic (exact) mass is 279 g/mol. The molecule has 0 spiro atoms. The van der Waals surface area contributed by atoms with Crippen LogP contribution in [0.25, 0.3) is 10.9 Å². The number of carbonyl (C=O) groups is 2. The Labute approximate surface area is 121 Å². The third kappa shape index (κ3) is 2.21. The van der Waals surface area contributed by atoms with Crippen LogP contribution >= 0.6 is 0 Å². The number of esters is 1. The van der Waals surface area contributed by atoms with Crippen molar-refractivity contribution in [2.45, 2.75) is 0 Å². The molecule has 0 atom stereocenters. The minimum absolute atomic E-state index is 0.229. The Kier molecular flexibility index (Phi) is 3.28. The first-order valence-corrected chi connectivity index (χ1v) is 6.51. The summed E-state index contributed by atoms with van der Waals surface area (Å²) in [6.45, 7) is 0. The number of hydrogen-bond donors (Lipinski definition) is 1. The lowest BCUT2D eigenvalue weighted by atomic mass is 10.0. The topological polar surface area (TPSA) is 59.2 Å². The fourth-order valence-corrected chi connectivity index (χ4v) is 2.36. The highest BCUT2D eigenvalue weighted by Crippen LogP contribution is 2.25. The molecule has 0 fully saturated rings. The highest BCUT2D eigenvalue weighted by molar-refractivity contribution is 6.19. The van der Waals surface area contributed by atoms with Gasteiger partial charge >= 0.3 is 5.97 Å². The molecule has 0 aliphatic heterocycles. The normalized spacial score (nSPS) is 10.5. The van der Waals surface area contributed by atoms with E-state index in [4.69, 9.17) is 4.74 Å². The van der Waals surface area contributed by atoms with Gasteiger partial charge in [-0.3, -0.25) is 4.79 Å². The number of H-pyrrole nitrogens is 1. The summed E-state index contributed by atoms with van der Waals surface area (Å²) in [6.07, 6.45) is 0. The molecule has 0 saturated carbocycles. The SMILES string of the molecule is COC(=O)c1c(C(=O)c2ccccc2)[nH]c2ccccc12. The minimum Gasteiger partial charge on any atom is -0.465 e.